The molecule has 3 N–H and O–H groups in total. The van der Waals surface area contributed by atoms with Crippen LogP contribution in [0, 0.1) is 13.8 Å². The molecule has 3 heteroatoms. The lowest BCUT2D eigenvalue weighted by atomic mass is 10.1. The maximum atomic E-state index is 9.49. The van der Waals surface area contributed by atoms with E-state index in [1.165, 1.54) is 6.07 Å². The monoisotopic (exact) mass is 167 g/mol. The van der Waals surface area contributed by atoms with Crippen LogP contribution in [0.25, 0.3) is 0 Å². The maximum absolute atomic E-state index is 9.49. The van der Waals surface area contributed by atoms with E-state index in [9.17, 15) is 10.2 Å². The Balaban J connectivity index is 3.40. The van der Waals surface area contributed by atoms with Crippen molar-refractivity contribution in [2.24, 2.45) is 0 Å². The fourth-order valence-corrected chi connectivity index (χ4v) is 1.27. The summed E-state index contributed by atoms with van der Waals surface area (Å²) in [7, 11) is 1.71. The lowest BCUT2D eigenvalue weighted by Crippen LogP contribution is -1.93. The molecule has 1 rings (SSSR count). The molecule has 12 heavy (non-hydrogen) atoms. The van der Waals surface area contributed by atoms with Gasteiger partial charge in [0.25, 0.3) is 0 Å². The Morgan fingerprint density at radius 2 is 1.83 bits per heavy atom. The van der Waals surface area contributed by atoms with E-state index in [2.05, 4.69) is 5.32 Å². The molecule has 0 bridgehead atoms. The fraction of sp³-hybridized carbons (Fsp3) is 0.333. The van der Waals surface area contributed by atoms with Crippen molar-refractivity contribution in [1.29, 1.82) is 0 Å². The Kier molecular flexibility index (Phi) is 2.13. The van der Waals surface area contributed by atoms with Crippen LogP contribution in [0.15, 0.2) is 6.07 Å². The van der Waals surface area contributed by atoms with E-state index in [1.54, 1.807) is 20.9 Å². The summed E-state index contributed by atoms with van der Waals surface area (Å²) in [6, 6.07) is 1.54. The summed E-state index contributed by atoms with van der Waals surface area (Å²) in [4.78, 5) is 0. The van der Waals surface area contributed by atoms with Crippen LogP contribution < -0.4 is 5.32 Å². The van der Waals surface area contributed by atoms with Crippen molar-refractivity contribution in [2.45, 2.75) is 13.8 Å². The van der Waals surface area contributed by atoms with Crippen molar-refractivity contribution < 1.29 is 10.2 Å². The highest BCUT2D eigenvalue weighted by molar-refractivity contribution is 5.67. The van der Waals surface area contributed by atoms with E-state index in [1.807, 2.05) is 0 Å². The van der Waals surface area contributed by atoms with E-state index in [0.29, 0.717) is 16.8 Å². The minimum atomic E-state index is 0.172. The van der Waals surface area contributed by atoms with Gasteiger partial charge in [-0.15, -0.1) is 0 Å². The van der Waals surface area contributed by atoms with Crippen molar-refractivity contribution in [3.8, 4) is 11.5 Å². The molecule has 0 aliphatic rings. The second-order valence-electron chi connectivity index (χ2n) is 2.81. The number of anilines is 1. The average Bonchev–Trinajstić information content (AvgIpc) is 2.01. The van der Waals surface area contributed by atoms with Crippen LogP contribution in [0.2, 0.25) is 0 Å². The van der Waals surface area contributed by atoms with Gasteiger partial charge in [-0.2, -0.15) is 0 Å². The number of aryl methyl sites for hydroxylation is 1. The highest BCUT2D eigenvalue weighted by Gasteiger charge is 2.09. The number of aromatic hydroxyl groups is 2. The smallest absolute Gasteiger partial charge is 0.139 e. The standard InChI is InChI=1S/C9H13NO2/c1-5-4-7(11)8(10-3)6(2)9(5)12/h4,10-12H,1-3H3. The normalized spacial score (nSPS) is 9.92. The van der Waals surface area contributed by atoms with Crippen LogP contribution in [-0.2, 0) is 0 Å². The van der Waals surface area contributed by atoms with Crippen LogP contribution in [0.4, 0.5) is 5.69 Å². The van der Waals surface area contributed by atoms with Crippen molar-refractivity contribution in [3.63, 3.8) is 0 Å². The zero-order valence-electron chi connectivity index (χ0n) is 7.47. The summed E-state index contributed by atoms with van der Waals surface area (Å²) >= 11 is 0. The fourth-order valence-electron chi connectivity index (χ4n) is 1.27. The van der Waals surface area contributed by atoms with Gasteiger partial charge in [0.15, 0.2) is 0 Å². The number of hydrogen-bond donors (Lipinski definition) is 3. The number of hydrogen-bond acceptors (Lipinski definition) is 3. The molecule has 66 valence electrons. The first-order valence-electron chi connectivity index (χ1n) is 3.77. The van der Waals surface area contributed by atoms with Crippen molar-refractivity contribution in [2.75, 3.05) is 12.4 Å². The molecule has 0 heterocycles. The molecular formula is C9H13NO2. The van der Waals surface area contributed by atoms with Crippen LogP contribution >= 0.6 is 0 Å². The van der Waals surface area contributed by atoms with Gasteiger partial charge in [-0.1, -0.05) is 0 Å². The van der Waals surface area contributed by atoms with Crippen LogP contribution in [-0.4, -0.2) is 17.3 Å². The lowest BCUT2D eigenvalue weighted by molar-refractivity contribution is 0.455. The Bertz CT molecular complexity index is 308. The SMILES string of the molecule is CNc1c(O)cc(C)c(O)c1C. The first-order chi connectivity index (χ1) is 5.57. The molecular weight excluding hydrogens is 154 g/mol. The lowest BCUT2D eigenvalue weighted by Gasteiger charge is -2.11. The third-order valence-electron chi connectivity index (χ3n) is 1.96. The molecule has 3 nitrogen and oxygen atoms in total. The van der Waals surface area contributed by atoms with E-state index in [4.69, 9.17) is 0 Å². The molecule has 0 radical (unpaired) electrons. The Morgan fingerprint density at radius 1 is 1.25 bits per heavy atom. The van der Waals surface area contributed by atoms with Gasteiger partial charge < -0.3 is 15.5 Å². The molecule has 0 saturated carbocycles. The summed E-state index contributed by atoms with van der Waals surface area (Å²) in [5, 5.41) is 21.7. The predicted molar refractivity (Wildman–Crippen MR) is 48.8 cm³/mol. The number of phenolic OH excluding ortho intramolecular Hbond substituents is 2. The van der Waals surface area contributed by atoms with Gasteiger partial charge >= 0.3 is 0 Å². The van der Waals surface area contributed by atoms with Gasteiger partial charge in [0.2, 0.25) is 0 Å². The second-order valence-corrected chi connectivity index (χ2v) is 2.81. The molecule has 0 spiro atoms. The predicted octanol–water partition coefficient (Wildman–Crippen LogP) is 1.76. The Morgan fingerprint density at radius 3 is 2.33 bits per heavy atom. The number of phenols is 2. The zero-order chi connectivity index (χ0) is 9.30. The third kappa shape index (κ3) is 1.18. The Hall–Kier alpha value is -1.38. The van der Waals surface area contributed by atoms with Crippen molar-refractivity contribution in [1.82, 2.24) is 0 Å². The summed E-state index contributed by atoms with van der Waals surface area (Å²) < 4.78 is 0. The number of benzene rings is 1. The largest absolute Gasteiger partial charge is 0.507 e. The van der Waals surface area contributed by atoms with Gasteiger partial charge in [0.1, 0.15) is 11.5 Å². The van der Waals surface area contributed by atoms with Crippen molar-refractivity contribution >= 4 is 5.69 Å². The van der Waals surface area contributed by atoms with E-state index < -0.39 is 0 Å². The first-order valence-corrected chi connectivity index (χ1v) is 3.77. The molecule has 0 aliphatic heterocycles. The summed E-state index contributed by atoms with van der Waals surface area (Å²) in [6.07, 6.45) is 0. The summed E-state index contributed by atoms with van der Waals surface area (Å²) in [5.74, 6) is 0.405. The van der Waals surface area contributed by atoms with Crippen molar-refractivity contribution in [3.05, 3.63) is 17.2 Å². The minimum Gasteiger partial charge on any atom is -0.507 e. The van der Waals surface area contributed by atoms with Gasteiger partial charge in [0.05, 0.1) is 5.69 Å². The van der Waals surface area contributed by atoms with E-state index >= 15 is 0 Å². The summed E-state index contributed by atoms with van der Waals surface area (Å²) in [5.41, 5.74) is 1.94. The highest BCUT2D eigenvalue weighted by Crippen LogP contribution is 2.35. The molecule has 0 atom stereocenters. The van der Waals surface area contributed by atoms with Gasteiger partial charge in [-0.3, -0.25) is 0 Å². The first kappa shape index (κ1) is 8.71. The van der Waals surface area contributed by atoms with Crippen LogP contribution in [0.3, 0.4) is 0 Å². The third-order valence-corrected chi connectivity index (χ3v) is 1.96. The summed E-state index contributed by atoms with van der Waals surface area (Å²) in [6.45, 7) is 3.51. The van der Waals surface area contributed by atoms with Crippen LogP contribution in [0.5, 0.6) is 11.5 Å². The quantitative estimate of drug-likeness (QED) is 0.441. The number of rotatable bonds is 1. The molecule has 1 aromatic carbocycles. The Labute approximate surface area is 71.7 Å². The second kappa shape index (κ2) is 2.93. The molecule has 1 aromatic rings. The molecule has 0 unspecified atom stereocenters. The molecule has 0 aromatic heterocycles. The van der Waals surface area contributed by atoms with Gasteiger partial charge in [-0.05, 0) is 25.5 Å². The maximum Gasteiger partial charge on any atom is 0.139 e. The molecule has 0 amide bonds. The zero-order valence-corrected chi connectivity index (χ0v) is 7.47. The molecule has 0 aliphatic carbocycles. The van der Waals surface area contributed by atoms with Crippen LogP contribution in [0.1, 0.15) is 11.1 Å². The minimum absolute atomic E-state index is 0.172. The van der Waals surface area contributed by atoms with E-state index in [-0.39, 0.29) is 11.5 Å². The number of nitrogens with one attached hydrogen (secondary N) is 1. The van der Waals surface area contributed by atoms with Gasteiger partial charge in [-0.25, -0.2) is 0 Å². The van der Waals surface area contributed by atoms with E-state index in [0.717, 1.165) is 0 Å². The van der Waals surface area contributed by atoms with Gasteiger partial charge in [0, 0.05) is 12.6 Å². The molecule has 0 saturated heterocycles. The topological polar surface area (TPSA) is 52.5 Å². The highest BCUT2D eigenvalue weighted by atomic mass is 16.3. The average molecular weight is 167 g/mol. The molecule has 0 fully saturated rings.